The van der Waals surface area contributed by atoms with Crippen LogP contribution in [0.2, 0.25) is 0 Å². The molecular weight excluding hydrogens is 204 g/mol. The van der Waals surface area contributed by atoms with E-state index in [0.29, 0.717) is 17.9 Å². The third-order valence-electron chi connectivity index (χ3n) is 1.79. The fraction of sp³-hybridized carbons (Fsp3) is 0.154. The molecule has 0 saturated heterocycles. The average Bonchev–Trinajstić information content (AvgIpc) is 2.34. The van der Waals surface area contributed by atoms with Gasteiger partial charge in [0.05, 0.1) is 5.56 Å². The Morgan fingerprint density at radius 1 is 1.12 bits per heavy atom. The van der Waals surface area contributed by atoms with Crippen LogP contribution >= 0.6 is 0 Å². The lowest BCUT2D eigenvalue weighted by Gasteiger charge is -2.04. The Morgan fingerprint density at radius 3 is 2.31 bits per heavy atom. The molecule has 0 N–H and O–H groups in total. The van der Waals surface area contributed by atoms with Crippen molar-refractivity contribution in [1.82, 2.24) is 0 Å². The van der Waals surface area contributed by atoms with Crippen molar-refractivity contribution in [2.75, 3.05) is 13.2 Å². The van der Waals surface area contributed by atoms with Crippen molar-refractivity contribution >= 4 is 5.97 Å². The van der Waals surface area contributed by atoms with Gasteiger partial charge in [0.25, 0.3) is 0 Å². The van der Waals surface area contributed by atoms with Gasteiger partial charge in [0.2, 0.25) is 0 Å². The Bertz CT molecular complexity index is 365. The van der Waals surface area contributed by atoms with Crippen molar-refractivity contribution in [3.63, 3.8) is 0 Å². The average molecular weight is 218 g/mol. The van der Waals surface area contributed by atoms with Crippen LogP contribution in [0.15, 0.2) is 49.6 Å². The first kappa shape index (κ1) is 12.0. The molecule has 0 aliphatic rings. The molecule has 1 rings (SSSR count). The molecule has 3 nitrogen and oxygen atoms in total. The maximum Gasteiger partial charge on any atom is 0.338 e. The number of hydrogen-bond acceptors (Lipinski definition) is 3. The van der Waals surface area contributed by atoms with Crippen molar-refractivity contribution in [1.29, 1.82) is 0 Å². The molecule has 0 atom stereocenters. The van der Waals surface area contributed by atoms with Gasteiger partial charge in [-0.3, -0.25) is 0 Å². The van der Waals surface area contributed by atoms with Crippen molar-refractivity contribution < 1.29 is 14.3 Å². The summed E-state index contributed by atoms with van der Waals surface area (Å²) in [5.74, 6) is 0.329. The zero-order valence-electron chi connectivity index (χ0n) is 9.02. The molecular formula is C13H14O3. The van der Waals surface area contributed by atoms with E-state index in [4.69, 9.17) is 9.47 Å². The summed E-state index contributed by atoms with van der Waals surface area (Å²) in [5.41, 5.74) is 0.493. The molecule has 1 aromatic rings. The summed E-state index contributed by atoms with van der Waals surface area (Å²) < 4.78 is 10.2. The third kappa shape index (κ3) is 3.61. The van der Waals surface area contributed by atoms with Crippen molar-refractivity contribution in [3.8, 4) is 5.75 Å². The largest absolute Gasteiger partial charge is 0.490 e. The van der Waals surface area contributed by atoms with E-state index in [1.807, 2.05) is 0 Å². The van der Waals surface area contributed by atoms with Gasteiger partial charge in [-0.25, -0.2) is 4.79 Å². The standard InChI is InChI=1S/C13H14O3/c1-3-9-15-12-7-5-11(6-8-12)13(14)16-10-4-2/h3-8H,1-2,9-10H2. The Kier molecular flexibility index (Phi) is 4.86. The molecule has 0 bridgehead atoms. The van der Waals surface area contributed by atoms with E-state index < -0.39 is 0 Å². The van der Waals surface area contributed by atoms with Crippen LogP contribution in [0.25, 0.3) is 0 Å². The van der Waals surface area contributed by atoms with E-state index >= 15 is 0 Å². The van der Waals surface area contributed by atoms with Crippen LogP contribution in [0.3, 0.4) is 0 Å². The molecule has 0 aliphatic carbocycles. The Morgan fingerprint density at radius 2 is 1.75 bits per heavy atom. The second-order valence-electron chi connectivity index (χ2n) is 3.01. The monoisotopic (exact) mass is 218 g/mol. The molecule has 0 radical (unpaired) electrons. The van der Waals surface area contributed by atoms with E-state index in [2.05, 4.69) is 13.2 Å². The van der Waals surface area contributed by atoms with E-state index in [9.17, 15) is 4.79 Å². The van der Waals surface area contributed by atoms with Crippen LogP contribution in [-0.4, -0.2) is 19.2 Å². The molecule has 0 amide bonds. The number of esters is 1. The van der Waals surface area contributed by atoms with Crippen molar-refractivity contribution in [2.45, 2.75) is 0 Å². The molecule has 16 heavy (non-hydrogen) atoms. The van der Waals surface area contributed by atoms with Gasteiger partial charge in [0.15, 0.2) is 0 Å². The minimum Gasteiger partial charge on any atom is -0.490 e. The maximum absolute atomic E-state index is 11.4. The van der Waals surface area contributed by atoms with Gasteiger partial charge in [-0.2, -0.15) is 0 Å². The predicted molar refractivity (Wildman–Crippen MR) is 62.6 cm³/mol. The van der Waals surface area contributed by atoms with E-state index in [1.54, 1.807) is 30.3 Å². The number of benzene rings is 1. The zero-order chi connectivity index (χ0) is 11.8. The SMILES string of the molecule is C=CCOC(=O)c1ccc(OCC=C)cc1. The molecule has 1 aromatic carbocycles. The summed E-state index contributed by atoms with van der Waals surface area (Å²) in [5, 5.41) is 0. The van der Waals surface area contributed by atoms with Gasteiger partial charge in [0.1, 0.15) is 19.0 Å². The highest BCUT2D eigenvalue weighted by Crippen LogP contribution is 2.12. The summed E-state index contributed by atoms with van der Waals surface area (Å²) in [7, 11) is 0. The minimum atomic E-state index is -0.366. The highest BCUT2D eigenvalue weighted by atomic mass is 16.5. The van der Waals surface area contributed by atoms with Gasteiger partial charge in [0, 0.05) is 0 Å². The third-order valence-corrected chi connectivity index (χ3v) is 1.79. The fourth-order valence-corrected chi connectivity index (χ4v) is 1.06. The first-order chi connectivity index (χ1) is 7.77. The molecule has 0 saturated carbocycles. The van der Waals surface area contributed by atoms with Crippen molar-refractivity contribution in [3.05, 3.63) is 55.1 Å². The molecule has 0 aromatic heterocycles. The van der Waals surface area contributed by atoms with Crippen LogP contribution in [0.1, 0.15) is 10.4 Å². The fourth-order valence-electron chi connectivity index (χ4n) is 1.06. The molecule has 0 unspecified atom stereocenters. The van der Waals surface area contributed by atoms with Crippen LogP contribution < -0.4 is 4.74 Å². The van der Waals surface area contributed by atoms with Crippen LogP contribution in [0.5, 0.6) is 5.75 Å². The van der Waals surface area contributed by atoms with Crippen molar-refractivity contribution in [2.24, 2.45) is 0 Å². The lowest BCUT2D eigenvalue weighted by Crippen LogP contribution is -2.04. The van der Waals surface area contributed by atoms with E-state index in [1.165, 1.54) is 6.08 Å². The quantitative estimate of drug-likeness (QED) is 0.544. The number of ether oxygens (including phenoxy) is 2. The normalized spacial score (nSPS) is 9.25. The summed E-state index contributed by atoms with van der Waals surface area (Å²) >= 11 is 0. The van der Waals surface area contributed by atoms with Gasteiger partial charge in [-0.1, -0.05) is 25.3 Å². The van der Waals surface area contributed by atoms with E-state index in [0.717, 1.165) is 0 Å². The van der Waals surface area contributed by atoms with Gasteiger partial charge in [-0.15, -0.1) is 0 Å². The molecule has 3 heteroatoms. The Hall–Kier alpha value is -2.03. The van der Waals surface area contributed by atoms with Gasteiger partial charge >= 0.3 is 5.97 Å². The first-order valence-electron chi connectivity index (χ1n) is 4.89. The van der Waals surface area contributed by atoms with Crippen LogP contribution in [0.4, 0.5) is 0 Å². The minimum absolute atomic E-state index is 0.216. The number of carbonyl (C=O) groups is 1. The molecule has 0 spiro atoms. The Balaban J connectivity index is 2.59. The molecule has 84 valence electrons. The topological polar surface area (TPSA) is 35.5 Å². The summed E-state index contributed by atoms with van der Waals surface area (Å²) in [4.78, 5) is 11.4. The zero-order valence-corrected chi connectivity index (χ0v) is 9.02. The maximum atomic E-state index is 11.4. The summed E-state index contributed by atoms with van der Waals surface area (Å²) in [6.07, 6.45) is 3.19. The number of carbonyl (C=O) groups excluding carboxylic acids is 1. The number of rotatable bonds is 6. The molecule has 0 fully saturated rings. The smallest absolute Gasteiger partial charge is 0.338 e. The van der Waals surface area contributed by atoms with Crippen LogP contribution in [-0.2, 0) is 4.74 Å². The molecule has 0 heterocycles. The highest BCUT2D eigenvalue weighted by molar-refractivity contribution is 5.89. The first-order valence-corrected chi connectivity index (χ1v) is 4.89. The Labute approximate surface area is 95.0 Å². The van der Waals surface area contributed by atoms with E-state index in [-0.39, 0.29) is 12.6 Å². The van der Waals surface area contributed by atoms with Gasteiger partial charge in [-0.05, 0) is 24.3 Å². The summed E-state index contributed by atoms with van der Waals surface area (Å²) in [6, 6.07) is 6.75. The predicted octanol–water partition coefficient (Wildman–Crippen LogP) is 2.59. The lowest BCUT2D eigenvalue weighted by molar-refractivity contribution is 0.0549. The highest BCUT2D eigenvalue weighted by Gasteiger charge is 2.05. The second kappa shape index (κ2) is 6.45. The second-order valence-corrected chi connectivity index (χ2v) is 3.01. The molecule has 0 aliphatic heterocycles. The summed E-state index contributed by atoms with van der Waals surface area (Å²) in [6.45, 7) is 7.67. The van der Waals surface area contributed by atoms with Gasteiger partial charge < -0.3 is 9.47 Å². The lowest BCUT2D eigenvalue weighted by atomic mass is 10.2. The number of hydrogen-bond donors (Lipinski definition) is 0. The van der Waals surface area contributed by atoms with Crippen LogP contribution in [0, 0.1) is 0 Å².